The highest BCUT2D eigenvalue weighted by molar-refractivity contribution is 7.17. The topological polar surface area (TPSA) is 47.4 Å². The molecule has 0 aliphatic heterocycles. The van der Waals surface area contributed by atoms with E-state index in [1.807, 2.05) is 76.5 Å². The number of hydrogen-bond donors (Lipinski definition) is 0. The maximum atomic E-state index is 13.4. The van der Waals surface area contributed by atoms with Crippen LogP contribution in [0.15, 0.2) is 66.2 Å². The molecule has 0 aliphatic rings. The van der Waals surface area contributed by atoms with E-state index < -0.39 is 0 Å². The third-order valence-corrected chi connectivity index (χ3v) is 5.63. The Hall–Kier alpha value is -3.12. The van der Waals surface area contributed by atoms with Crippen molar-refractivity contribution in [2.75, 3.05) is 7.11 Å². The first-order chi connectivity index (χ1) is 13.7. The van der Waals surface area contributed by atoms with Gasteiger partial charge in [0.25, 0.3) is 5.91 Å². The smallest absolute Gasteiger partial charge is 0.271 e. The molecule has 0 atom stereocenters. The highest BCUT2D eigenvalue weighted by Crippen LogP contribution is 2.26. The molecule has 28 heavy (non-hydrogen) atoms. The SMILES string of the molecule is COc1ccc(CN(Cc2ccccn2)C(=O)c2cc3sccc3n2C)cc1. The van der Waals surface area contributed by atoms with Gasteiger partial charge in [-0.2, -0.15) is 0 Å². The number of fused-ring (bicyclic) bond motifs is 1. The molecule has 3 heterocycles. The van der Waals surface area contributed by atoms with Gasteiger partial charge < -0.3 is 14.2 Å². The minimum Gasteiger partial charge on any atom is -0.497 e. The molecule has 0 radical (unpaired) electrons. The van der Waals surface area contributed by atoms with Crippen LogP contribution in [0.1, 0.15) is 21.7 Å². The van der Waals surface area contributed by atoms with Crippen molar-refractivity contribution in [3.63, 3.8) is 0 Å². The summed E-state index contributed by atoms with van der Waals surface area (Å²) in [6.45, 7) is 0.947. The van der Waals surface area contributed by atoms with Gasteiger partial charge in [-0.15, -0.1) is 11.3 Å². The molecule has 5 nitrogen and oxygen atoms in total. The van der Waals surface area contributed by atoms with Gasteiger partial charge in [-0.05, 0) is 47.3 Å². The van der Waals surface area contributed by atoms with Crippen molar-refractivity contribution in [2.24, 2.45) is 7.05 Å². The van der Waals surface area contributed by atoms with Crippen molar-refractivity contribution in [3.05, 3.63) is 83.1 Å². The molecule has 3 aromatic heterocycles. The highest BCUT2D eigenvalue weighted by Gasteiger charge is 2.21. The van der Waals surface area contributed by atoms with E-state index >= 15 is 0 Å². The van der Waals surface area contributed by atoms with E-state index in [1.54, 1.807) is 24.6 Å². The van der Waals surface area contributed by atoms with Crippen LogP contribution in [-0.2, 0) is 20.1 Å². The lowest BCUT2D eigenvalue weighted by molar-refractivity contribution is 0.0718. The quantitative estimate of drug-likeness (QED) is 0.487. The molecular weight excluding hydrogens is 370 g/mol. The molecule has 6 heteroatoms. The van der Waals surface area contributed by atoms with Crippen LogP contribution in [0.2, 0.25) is 0 Å². The predicted octanol–water partition coefficient (Wildman–Crippen LogP) is 4.49. The van der Waals surface area contributed by atoms with Crippen LogP contribution >= 0.6 is 11.3 Å². The van der Waals surface area contributed by atoms with Gasteiger partial charge in [0.2, 0.25) is 0 Å². The summed E-state index contributed by atoms with van der Waals surface area (Å²) in [7, 11) is 3.58. The number of nitrogens with zero attached hydrogens (tertiary/aromatic N) is 3. The maximum Gasteiger partial charge on any atom is 0.271 e. The predicted molar refractivity (Wildman–Crippen MR) is 112 cm³/mol. The van der Waals surface area contributed by atoms with Gasteiger partial charge in [-0.1, -0.05) is 18.2 Å². The molecule has 1 amide bonds. The van der Waals surface area contributed by atoms with Crippen molar-refractivity contribution in [3.8, 4) is 5.75 Å². The summed E-state index contributed by atoms with van der Waals surface area (Å²) >= 11 is 1.65. The Bertz CT molecular complexity index is 1080. The number of amides is 1. The second-order valence-electron chi connectivity index (χ2n) is 6.59. The molecule has 4 rings (SSSR count). The van der Waals surface area contributed by atoms with Gasteiger partial charge in [-0.25, -0.2) is 0 Å². The standard InChI is InChI=1S/C22H21N3O2S/c1-24-19-10-12-28-21(19)13-20(24)22(26)25(15-17-5-3-4-11-23-17)14-16-6-8-18(27-2)9-7-16/h3-13H,14-15H2,1-2H3. The van der Waals surface area contributed by atoms with E-state index in [1.165, 1.54) is 0 Å². The van der Waals surface area contributed by atoms with Crippen molar-refractivity contribution in [1.29, 1.82) is 0 Å². The van der Waals surface area contributed by atoms with Gasteiger partial charge >= 0.3 is 0 Å². The van der Waals surface area contributed by atoms with E-state index in [4.69, 9.17) is 4.74 Å². The van der Waals surface area contributed by atoms with Gasteiger partial charge in [0.05, 0.1) is 29.6 Å². The zero-order valence-electron chi connectivity index (χ0n) is 15.8. The Balaban J connectivity index is 1.65. The Morgan fingerprint density at radius 1 is 1.14 bits per heavy atom. The summed E-state index contributed by atoms with van der Waals surface area (Å²) < 4.78 is 8.32. The fraction of sp³-hybridized carbons (Fsp3) is 0.182. The summed E-state index contributed by atoms with van der Waals surface area (Å²) in [4.78, 5) is 19.7. The Morgan fingerprint density at radius 3 is 2.64 bits per heavy atom. The van der Waals surface area contributed by atoms with Crippen molar-refractivity contribution < 1.29 is 9.53 Å². The van der Waals surface area contributed by atoms with Crippen molar-refractivity contribution >= 4 is 27.5 Å². The molecule has 0 unspecified atom stereocenters. The molecule has 1 aromatic carbocycles. The number of thiophene rings is 1. The molecule has 0 spiro atoms. The third kappa shape index (κ3) is 3.64. The number of ether oxygens (including phenoxy) is 1. The first-order valence-electron chi connectivity index (χ1n) is 9.01. The van der Waals surface area contributed by atoms with Gasteiger partial charge in [0.1, 0.15) is 11.4 Å². The number of pyridine rings is 1. The molecular formula is C22H21N3O2S. The average molecular weight is 391 g/mol. The average Bonchev–Trinajstić information content (AvgIpc) is 3.31. The summed E-state index contributed by atoms with van der Waals surface area (Å²) in [6.07, 6.45) is 1.75. The van der Waals surface area contributed by atoms with Crippen LogP contribution < -0.4 is 4.74 Å². The number of carbonyl (C=O) groups is 1. The largest absolute Gasteiger partial charge is 0.497 e. The highest BCUT2D eigenvalue weighted by atomic mass is 32.1. The lowest BCUT2D eigenvalue weighted by Gasteiger charge is -2.23. The first kappa shape index (κ1) is 18.3. The number of aromatic nitrogens is 2. The fourth-order valence-corrected chi connectivity index (χ4v) is 4.10. The van der Waals surface area contributed by atoms with Crippen LogP contribution in [0.3, 0.4) is 0 Å². The summed E-state index contributed by atoms with van der Waals surface area (Å²) in [5.74, 6) is 0.793. The molecule has 0 saturated carbocycles. The van der Waals surface area contributed by atoms with Gasteiger partial charge in [0.15, 0.2) is 0 Å². The molecule has 0 aliphatic carbocycles. The van der Waals surface area contributed by atoms with Crippen molar-refractivity contribution in [1.82, 2.24) is 14.5 Å². The molecule has 4 aromatic rings. The second-order valence-corrected chi connectivity index (χ2v) is 7.54. The summed E-state index contributed by atoms with van der Waals surface area (Å²) in [6, 6.07) is 17.6. The van der Waals surface area contributed by atoms with E-state index in [0.29, 0.717) is 18.8 Å². The van der Waals surface area contributed by atoms with Crippen LogP contribution in [-0.4, -0.2) is 27.5 Å². The summed E-state index contributed by atoms with van der Waals surface area (Å²) in [5.41, 5.74) is 3.67. The zero-order valence-corrected chi connectivity index (χ0v) is 16.6. The Labute approximate surface area is 167 Å². The van der Waals surface area contributed by atoms with Gasteiger partial charge in [-0.3, -0.25) is 9.78 Å². The van der Waals surface area contributed by atoms with Crippen molar-refractivity contribution in [2.45, 2.75) is 13.1 Å². The van der Waals surface area contributed by atoms with E-state index in [9.17, 15) is 4.79 Å². The number of rotatable bonds is 6. The lowest BCUT2D eigenvalue weighted by atomic mass is 10.2. The van der Waals surface area contributed by atoms with Crippen LogP contribution in [0, 0.1) is 0 Å². The van der Waals surface area contributed by atoms with E-state index in [0.717, 1.165) is 27.2 Å². The minimum absolute atomic E-state index is 0.00706. The van der Waals surface area contributed by atoms with Crippen LogP contribution in [0.5, 0.6) is 5.75 Å². The van der Waals surface area contributed by atoms with E-state index in [2.05, 4.69) is 4.98 Å². The normalized spacial score (nSPS) is 10.9. The van der Waals surface area contributed by atoms with E-state index in [-0.39, 0.29) is 5.91 Å². The molecule has 0 bridgehead atoms. The molecule has 142 valence electrons. The minimum atomic E-state index is -0.00706. The zero-order chi connectivity index (χ0) is 19.5. The molecule has 0 N–H and O–H groups in total. The third-order valence-electron chi connectivity index (χ3n) is 4.78. The second kappa shape index (κ2) is 7.86. The fourth-order valence-electron chi connectivity index (χ4n) is 3.26. The maximum absolute atomic E-state index is 13.4. The number of methoxy groups -OCH3 is 1. The number of benzene rings is 1. The Morgan fingerprint density at radius 2 is 1.96 bits per heavy atom. The monoisotopic (exact) mass is 391 g/mol. The van der Waals surface area contributed by atoms with Crippen LogP contribution in [0.25, 0.3) is 10.2 Å². The Kier molecular flexibility index (Phi) is 5.12. The number of carbonyl (C=O) groups excluding carboxylic acids is 1. The number of hydrogen-bond acceptors (Lipinski definition) is 4. The molecule has 0 saturated heterocycles. The molecule has 0 fully saturated rings. The van der Waals surface area contributed by atoms with Crippen LogP contribution in [0.4, 0.5) is 0 Å². The summed E-state index contributed by atoms with van der Waals surface area (Å²) in [5, 5.41) is 2.04. The van der Waals surface area contributed by atoms with Gasteiger partial charge in [0, 0.05) is 19.8 Å². The number of aryl methyl sites for hydroxylation is 1. The lowest BCUT2D eigenvalue weighted by Crippen LogP contribution is -2.31. The first-order valence-corrected chi connectivity index (χ1v) is 9.88.